The molecule has 12 heavy (non-hydrogen) atoms. The summed E-state index contributed by atoms with van der Waals surface area (Å²) in [6.07, 6.45) is 0.375. The van der Waals surface area contributed by atoms with Crippen molar-refractivity contribution in [1.29, 1.82) is 5.26 Å². The molecule has 0 rings (SSSR count). The predicted octanol–water partition coefficient (Wildman–Crippen LogP) is 1.85. The maximum absolute atomic E-state index is 10.0. The fourth-order valence-electron chi connectivity index (χ4n) is 0. The van der Waals surface area contributed by atoms with E-state index in [1.807, 2.05) is 6.07 Å². The molecular formula is C8H14NO2Zn-. The number of hydrogen-bond acceptors (Lipinski definition) is 2. The summed E-state index contributed by atoms with van der Waals surface area (Å²) in [6.45, 7) is 8.23. The second kappa shape index (κ2) is 8.68. The summed E-state index contributed by atoms with van der Waals surface area (Å²) in [7, 11) is 0. The molecule has 0 fully saturated rings. The van der Waals surface area contributed by atoms with Crippen molar-refractivity contribution in [3.05, 3.63) is 6.92 Å². The molecule has 0 aromatic carbocycles. The molecule has 0 bridgehead atoms. The van der Waals surface area contributed by atoms with Gasteiger partial charge in [-0.25, -0.2) is 5.26 Å². The van der Waals surface area contributed by atoms with Gasteiger partial charge in [0.2, 0.25) is 0 Å². The molecule has 3 nitrogen and oxygen atoms in total. The molecule has 0 saturated heterocycles. The van der Waals surface area contributed by atoms with Crippen LogP contribution in [0.4, 0.5) is 0 Å². The van der Waals surface area contributed by atoms with E-state index in [0.29, 0.717) is 6.42 Å². The fraction of sp³-hybridized carbons (Fsp3) is 0.625. The summed E-state index contributed by atoms with van der Waals surface area (Å²) in [5.74, 6) is -0.757. The van der Waals surface area contributed by atoms with Crippen molar-refractivity contribution in [1.82, 2.24) is 0 Å². The van der Waals surface area contributed by atoms with Gasteiger partial charge in [0.15, 0.2) is 0 Å². The minimum atomic E-state index is -0.757. The van der Waals surface area contributed by atoms with Crippen LogP contribution in [0.3, 0.4) is 0 Å². The first kappa shape index (κ1) is 17.6. The van der Waals surface area contributed by atoms with Gasteiger partial charge in [-0.1, -0.05) is 6.42 Å². The Kier molecular flexibility index (Phi) is 12.7. The molecule has 4 heteroatoms. The zero-order valence-electron chi connectivity index (χ0n) is 7.92. The van der Waals surface area contributed by atoms with Crippen LogP contribution in [0.15, 0.2) is 0 Å². The smallest absolute Gasteiger partial charge is 0.308 e. The van der Waals surface area contributed by atoms with E-state index in [9.17, 15) is 4.79 Å². The van der Waals surface area contributed by atoms with Crippen molar-refractivity contribution in [2.75, 3.05) is 0 Å². The van der Waals surface area contributed by atoms with Crippen LogP contribution in [0.1, 0.15) is 27.2 Å². The Morgan fingerprint density at radius 1 is 1.58 bits per heavy atom. The van der Waals surface area contributed by atoms with E-state index in [1.54, 1.807) is 20.8 Å². The minimum absolute atomic E-state index is 0. The van der Waals surface area contributed by atoms with Crippen molar-refractivity contribution in [3.8, 4) is 6.07 Å². The van der Waals surface area contributed by atoms with Crippen LogP contribution in [-0.4, -0.2) is 11.1 Å². The summed E-state index contributed by atoms with van der Waals surface area (Å²) in [5, 5.41) is 15.8. The minimum Gasteiger partial charge on any atom is -0.481 e. The topological polar surface area (TPSA) is 61.1 Å². The van der Waals surface area contributed by atoms with Gasteiger partial charge in [-0.3, -0.25) is 4.79 Å². The molecule has 66 valence electrons. The Bertz CT molecular complexity index is 155. The molecule has 0 spiro atoms. The SMILES string of the molecule is CC(C)(C)C(=O)O.[CH2-]CC#N.[Zn]. The van der Waals surface area contributed by atoms with Gasteiger partial charge in [0.25, 0.3) is 0 Å². The van der Waals surface area contributed by atoms with Crippen LogP contribution in [0.2, 0.25) is 0 Å². The Balaban J connectivity index is -0.000000142. The second-order valence-corrected chi connectivity index (χ2v) is 2.96. The van der Waals surface area contributed by atoms with Gasteiger partial charge < -0.3 is 12.0 Å². The number of carboxylic acid groups (broad SMARTS) is 1. The van der Waals surface area contributed by atoms with Crippen LogP contribution in [0.5, 0.6) is 0 Å². The third-order valence-corrected chi connectivity index (χ3v) is 0.753. The predicted molar refractivity (Wildman–Crippen MR) is 42.7 cm³/mol. The summed E-state index contributed by atoms with van der Waals surface area (Å²) < 4.78 is 0. The maximum atomic E-state index is 10.0. The van der Waals surface area contributed by atoms with Gasteiger partial charge in [-0.15, -0.1) is 0 Å². The van der Waals surface area contributed by atoms with Gasteiger partial charge in [-0.05, 0) is 20.8 Å². The standard InChI is InChI=1S/C5H10O2.C3H4N.Zn/c1-5(2,3)4(6)7;1-2-3-4;/h1-3H3,(H,6,7);1-2H2;/q;-1;. The maximum Gasteiger partial charge on any atom is 0.308 e. The molecule has 0 heterocycles. The molecule has 0 unspecified atom stereocenters. The van der Waals surface area contributed by atoms with E-state index >= 15 is 0 Å². The van der Waals surface area contributed by atoms with E-state index in [2.05, 4.69) is 6.92 Å². The monoisotopic (exact) mass is 220 g/mol. The van der Waals surface area contributed by atoms with Crippen LogP contribution < -0.4 is 0 Å². The van der Waals surface area contributed by atoms with E-state index in [1.165, 1.54) is 0 Å². The van der Waals surface area contributed by atoms with Gasteiger partial charge in [0.05, 0.1) is 5.41 Å². The van der Waals surface area contributed by atoms with Crippen molar-refractivity contribution in [2.45, 2.75) is 27.2 Å². The first-order valence-electron chi connectivity index (χ1n) is 3.25. The molecule has 0 saturated carbocycles. The summed E-state index contributed by atoms with van der Waals surface area (Å²) in [6, 6.07) is 1.82. The quantitative estimate of drug-likeness (QED) is 0.502. The Hall–Kier alpha value is -0.417. The van der Waals surface area contributed by atoms with Crippen LogP contribution in [0, 0.1) is 23.7 Å². The molecule has 0 atom stereocenters. The van der Waals surface area contributed by atoms with Gasteiger partial charge >= 0.3 is 5.97 Å². The molecule has 0 aliphatic heterocycles. The largest absolute Gasteiger partial charge is 0.481 e. The number of rotatable bonds is 0. The summed E-state index contributed by atoms with van der Waals surface area (Å²) >= 11 is 0. The van der Waals surface area contributed by atoms with Crippen molar-refractivity contribution >= 4 is 5.97 Å². The number of aliphatic carboxylic acids is 1. The van der Waals surface area contributed by atoms with E-state index in [4.69, 9.17) is 10.4 Å². The molecule has 0 radical (unpaired) electrons. The first-order valence-corrected chi connectivity index (χ1v) is 3.25. The normalized spacial score (nSPS) is 8.25. The number of carbonyl (C=O) groups is 1. The third-order valence-electron chi connectivity index (χ3n) is 0.753. The zero-order chi connectivity index (χ0) is 9.49. The Labute approximate surface area is 86.5 Å². The van der Waals surface area contributed by atoms with Crippen molar-refractivity contribution in [2.24, 2.45) is 5.41 Å². The van der Waals surface area contributed by atoms with E-state index in [-0.39, 0.29) is 19.5 Å². The van der Waals surface area contributed by atoms with Crippen LogP contribution in [0.25, 0.3) is 0 Å². The summed E-state index contributed by atoms with van der Waals surface area (Å²) in [4.78, 5) is 10.0. The number of carboxylic acids is 1. The molecule has 0 aliphatic carbocycles. The van der Waals surface area contributed by atoms with Gasteiger partial charge in [0.1, 0.15) is 0 Å². The molecule has 0 aliphatic rings. The zero-order valence-corrected chi connectivity index (χ0v) is 10.9. The average Bonchev–Trinajstić information content (AvgIpc) is 1.87. The Morgan fingerprint density at radius 3 is 1.75 bits per heavy atom. The van der Waals surface area contributed by atoms with Crippen molar-refractivity contribution in [3.63, 3.8) is 0 Å². The molecule has 0 aromatic rings. The second-order valence-electron chi connectivity index (χ2n) is 2.96. The van der Waals surface area contributed by atoms with Crippen LogP contribution >= 0.6 is 0 Å². The van der Waals surface area contributed by atoms with Crippen molar-refractivity contribution < 1.29 is 29.4 Å². The molecule has 1 N–H and O–H groups in total. The molecule has 0 aromatic heterocycles. The first-order chi connectivity index (χ1) is 4.86. The third kappa shape index (κ3) is 16.3. The Morgan fingerprint density at radius 2 is 1.75 bits per heavy atom. The van der Waals surface area contributed by atoms with E-state index in [0.717, 1.165) is 0 Å². The number of hydrogen-bond donors (Lipinski definition) is 1. The van der Waals surface area contributed by atoms with Gasteiger partial charge in [-0.2, -0.15) is 0 Å². The van der Waals surface area contributed by atoms with E-state index < -0.39 is 11.4 Å². The van der Waals surface area contributed by atoms with Gasteiger partial charge in [0, 0.05) is 25.5 Å². The number of nitriles is 1. The summed E-state index contributed by atoms with van der Waals surface area (Å²) in [5.41, 5.74) is -0.583. The van der Waals surface area contributed by atoms with Crippen LogP contribution in [-0.2, 0) is 24.3 Å². The molecule has 0 amide bonds. The number of nitrogens with zero attached hydrogens (tertiary/aromatic N) is 1. The molecular weight excluding hydrogens is 207 g/mol. The average molecular weight is 222 g/mol. The fourth-order valence-corrected chi connectivity index (χ4v) is 0.